The molecular weight excluding hydrogens is 344 g/mol. The van der Waals surface area contributed by atoms with E-state index in [0.29, 0.717) is 18.5 Å². The first-order valence-corrected chi connectivity index (χ1v) is 8.49. The highest BCUT2D eigenvalue weighted by atomic mass is 16.5. The number of benzene rings is 2. The van der Waals surface area contributed by atoms with Crippen LogP contribution in [0.4, 0.5) is 0 Å². The van der Waals surface area contributed by atoms with Gasteiger partial charge in [-0.15, -0.1) is 0 Å². The zero-order valence-electron chi connectivity index (χ0n) is 14.9. The Bertz CT molecular complexity index is 877. The number of methoxy groups -OCH3 is 1. The average molecular weight is 364 g/mol. The first kappa shape index (κ1) is 18.3. The van der Waals surface area contributed by atoms with Crippen LogP contribution >= 0.6 is 0 Å². The van der Waals surface area contributed by atoms with E-state index in [0.717, 1.165) is 11.1 Å². The van der Waals surface area contributed by atoms with Crippen molar-refractivity contribution in [3.8, 4) is 0 Å². The van der Waals surface area contributed by atoms with Crippen LogP contribution in [0.3, 0.4) is 0 Å². The van der Waals surface area contributed by atoms with Crippen molar-refractivity contribution < 1.29 is 14.3 Å². The van der Waals surface area contributed by atoms with Gasteiger partial charge in [0.05, 0.1) is 13.7 Å². The number of nitrogens with one attached hydrogen (secondary N) is 1. The van der Waals surface area contributed by atoms with Crippen molar-refractivity contribution in [3.05, 3.63) is 83.9 Å². The van der Waals surface area contributed by atoms with Crippen LogP contribution in [0.25, 0.3) is 0 Å². The molecule has 1 N–H and O–H groups in total. The maximum absolute atomic E-state index is 12.5. The Morgan fingerprint density at radius 2 is 1.81 bits per heavy atom. The van der Waals surface area contributed by atoms with Gasteiger partial charge in [0.15, 0.2) is 0 Å². The third kappa shape index (κ3) is 5.01. The molecule has 0 unspecified atom stereocenters. The molecule has 1 atom stereocenters. The summed E-state index contributed by atoms with van der Waals surface area (Å²) in [4.78, 5) is 28.5. The van der Waals surface area contributed by atoms with Gasteiger partial charge in [0.2, 0.25) is 0 Å². The topological polar surface area (TPSA) is 86.1 Å². The number of hydrogen-bond donors (Lipinski definition) is 1. The van der Waals surface area contributed by atoms with E-state index in [1.54, 1.807) is 23.1 Å². The molecule has 2 aromatic carbocycles. The average Bonchev–Trinajstić information content (AvgIpc) is 3.21. The minimum Gasteiger partial charge on any atom is -0.467 e. The molecule has 3 aromatic rings. The number of rotatable bonds is 7. The smallest absolute Gasteiger partial charge is 0.328 e. The van der Waals surface area contributed by atoms with Gasteiger partial charge in [0.25, 0.3) is 5.91 Å². The summed E-state index contributed by atoms with van der Waals surface area (Å²) in [6.07, 6.45) is 3.47. The molecule has 0 fully saturated rings. The Kier molecular flexibility index (Phi) is 5.94. The van der Waals surface area contributed by atoms with E-state index in [9.17, 15) is 9.59 Å². The highest BCUT2D eigenvalue weighted by Crippen LogP contribution is 2.09. The molecule has 0 aliphatic heterocycles. The molecule has 0 aliphatic rings. The predicted molar refractivity (Wildman–Crippen MR) is 99.0 cm³/mol. The SMILES string of the molecule is COC(=O)[C@H](Cc1ccccc1)NC(=O)c1ccc(Cn2cncn2)cc1. The van der Waals surface area contributed by atoms with Crippen LogP contribution in [0.5, 0.6) is 0 Å². The van der Waals surface area contributed by atoms with Gasteiger partial charge in [-0.2, -0.15) is 5.10 Å². The number of esters is 1. The lowest BCUT2D eigenvalue weighted by molar-refractivity contribution is -0.142. The maximum Gasteiger partial charge on any atom is 0.328 e. The van der Waals surface area contributed by atoms with E-state index in [2.05, 4.69) is 15.4 Å². The van der Waals surface area contributed by atoms with Crippen molar-refractivity contribution in [1.29, 1.82) is 0 Å². The van der Waals surface area contributed by atoms with Crippen LogP contribution in [0.1, 0.15) is 21.5 Å². The molecule has 138 valence electrons. The molecule has 27 heavy (non-hydrogen) atoms. The minimum absolute atomic E-state index is 0.325. The van der Waals surface area contributed by atoms with Gasteiger partial charge in [0, 0.05) is 12.0 Å². The number of amides is 1. The van der Waals surface area contributed by atoms with Crippen molar-refractivity contribution in [2.24, 2.45) is 0 Å². The number of nitrogens with zero attached hydrogens (tertiary/aromatic N) is 3. The Morgan fingerprint density at radius 3 is 2.44 bits per heavy atom. The number of carbonyl (C=O) groups excluding carboxylic acids is 2. The second-order valence-corrected chi connectivity index (χ2v) is 6.03. The summed E-state index contributed by atoms with van der Waals surface area (Å²) in [5.41, 5.74) is 2.40. The van der Waals surface area contributed by atoms with Crippen molar-refractivity contribution in [1.82, 2.24) is 20.1 Å². The summed E-state index contributed by atoms with van der Waals surface area (Å²) < 4.78 is 6.53. The molecule has 0 saturated heterocycles. The Labute approximate surface area is 157 Å². The number of aromatic nitrogens is 3. The number of ether oxygens (including phenoxy) is 1. The maximum atomic E-state index is 12.5. The van der Waals surface area contributed by atoms with Crippen LogP contribution < -0.4 is 5.32 Å². The molecule has 0 radical (unpaired) electrons. The molecule has 1 amide bonds. The summed E-state index contributed by atoms with van der Waals surface area (Å²) in [7, 11) is 1.31. The van der Waals surface area contributed by atoms with Gasteiger partial charge in [-0.1, -0.05) is 42.5 Å². The van der Waals surface area contributed by atoms with Crippen molar-refractivity contribution in [3.63, 3.8) is 0 Å². The minimum atomic E-state index is -0.750. The van der Waals surface area contributed by atoms with Gasteiger partial charge in [0.1, 0.15) is 18.7 Å². The van der Waals surface area contributed by atoms with Crippen LogP contribution in [-0.4, -0.2) is 39.8 Å². The second-order valence-electron chi connectivity index (χ2n) is 6.03. The van der Waals surface area contributed by atoms with Crippen LogP contribution in [0.15, 0.2) is 67.3 Å². The van der Waals surface area contributed by atoms with E-state index >= 15 is 0 Å². The largest absolute Gasteiger partial charge is 0.467 e. The fraction of sp³-hybridized carbons (Fsp3) is 0.200. The molecular formula is C20H20N4O3. The quantitative estimate of drug-likeness (QED) is 0.647. The van der Waals surface area contributed by atoms with Crippen LogP contribution in [-0.2, 0) is 22.5 Å². The highest BCUT2D eigenvalue weighted by Gasteiger charge is 2.22. The Hall–Kier alpha value is -3.48. The van der Waals surface area contributed by atoms with Crippen molar-refractivity contribution in [2.45, 2.75) is 19.0 Å². The zero-order valence-corrected chi connectivity index (χ0v) is 14.9. The number of carbonyl (C=O) groups is 2. The van der Waals surface area contributed by atoms with E-state index in [1.165, 1.54) is 13.4 Å². The molecule has 7 heteroatoms. The second kappa shape index (κ2) is 8.75. The van der Waals surface area contributed by atoms with Crippen molar-refractivity contribution in [2.75, 3.05) is 7.11 Å². The normalized spacial score (nSPS) is 11.6. The molecule has 3 rings (SSSR count). The fourth-order valence-corrected chi connectivity index (χ4v) is 2.69. The Balaban J connectivity index is 1.66. The van der Waals surface area contributed by atoms with E-state index in [4.69, 9.17) is 4.74 Å². The van der Waals surface area contributed by atoms with Crippen LogP contribution in [0.2, 0.25) is 0 Å². The number of hydrogen-bond acceptors (Lipinski definition) is 5. The van der Waals surface area contributed by atoms with Gasteiger partial charge in [-0.3, -0.25) is 4.79 Å². The predicted octanol–water partition coefficient (Wildman–Crippen LogP) is 1.84. The van der Waals surface area contributed by atoms with Gasteiger partial charge in [-0.25, -0.2) is 14.5 Å². The first-order valence-electron chi connectivity index (χ1n) is 8.49. The molecule has 1 aromatic heterocycles. The van der Waals surface area contributed by atoms with E-state index < -0.39 is 12.0 Å². The lowest BCUT2D eigenvalue weighted by atomic mass is 10.1. The highest BCUT2D eigenvalue weighted by molar-refractivity contribution is 5.96. The summed E-state index contributed by atoms with van der Waals surface area (Å²) in [5, 5.41) is 6.81. The van der Waals surface area contributed by atoms with Crippen LogP contribution in [0, 0.1) is 0 Å². The van der Waals surface area contributed by atoms with Gasteiger partial charge >= 0.3 is 5.97 Å². The third-order valence-electron chi connectivity index (χ3n) is 4.10. The summed E-state index contributed by atoms with van der Waals surface area (Å²) >= 11 is 0. The lowest BCUT2D eigenvalue weighted by Gasteiger charge is -2.17. The van der Waals surface area contributed by atoms with Crippen molar-refractivity contribution >= 4 is 11.9 Å². The third-order valence-corrected chi connectivity index (χ3v) is 4.10. The molecule has 1 heterocycles. The van der Waals surface area contributed by atoms with E-state index in [-0.39, 0.29) is 5.91 Å². The molecule has 0 aliphatic carbocycles. The Morgan fingerprint density at radius 1 is 1.07 bits per heavy atom. The standard InChI is InChI=1S/C20H20N4O3/c1-27-20(26)18(11-15-5-3-2-4-6-15)23-19(25)17-9-7-16(8-10-17)12-24-14-21-13-22-24/h2-10,13-14,18H,11-12H2,1H3,(H,23,25)/t18-/m0/s1. The van der Waals surface area contributed by atoms with Gasteiger partial charge in [-0.05, 0) is 23.3 Å². The monoisotopic (exact) mass is 364 g/mol. The lowest BCUT2D eigenvalue weighted by Crippen LogP contribution is -2.43. The molecule has 0 spiro atoms. The van der Waals surface area contributed by atoms with Gasteiger partial charge < -0.3 is 10.1 Å². The summed E-state index contributed by atoms with van der Waals surface area (Å²) in [6.45, 7) is 0.570. The zero-order chi connectivity index (χ0) is 19.1. The fourth-order valence-electron chi connectivity index (χ4n) is 2.69. The molecule has 0 bridgehead atoms. The summed E-state index contributed by atoms with van der Waals surface area (Å²) in [6, 6.07) is 15.9. The molecule has 0 saturated carbocycles. The molecule has 7 nitrogen and oxygen atoms in total. The summed E-state index contributed by atoms with van der Waals surface area (Å²) in [5.74, 6) is -0.802. The van der Waals surface area contributed by atoms with E-state index in [1.807, 2.05) is 42.5 Å². The first-order chi connectivity index (χ1) is 13.2.